The third-order valence-corrected chi connectivity index (χ3v) is 3.14. The van der Waals surface area contributed by atoms with Crippen LogP contribution in [0.3, 0.4) is 0 Å². The molecular formula is C11H21N3. The lowest BCUT2D eigenvalue weighted by atomic mass is 9.79. The van der Waals surface area contributed by atoms with Crippen LogP contribution in [-0.4, -0.2) is 10.2 Å². The standard InChI is InChI=1S/C11H21N3/c1-7(11(3,4)5)6-9-8(2)10(12)14-13-9/h7H,6H2,1-5H3,(H3,12,13,14). The van der Waals surface area contributed by atoms with Gasteiger partial charge in [0, 0.05) is 11.3 Å². The first-order chi connectivity index (χ1) is 6.32. The average molecular weight is 195 g/mol. The minimum absolute atomic E-state index is 0.326. The number of nitrogen functional groups attached to an aromatic ring is 1. The number of hydrogen-bond acceptors (Lipinski definition) is 2. The lowest BCUT2D eigenvalue weighted by Gasteiger charge is -2.26. The topological polar surface area (TPSA) is 54.7 Å². The minimum atomic E-state index is 0.326. The Hall–Kier alpha value is -0.990. The summed E-state index contributed by atoms with van der Waals surface area (Å²) in [5.41, 5.74) is 8.28. The van der Waals surface area contributed by atoms with Gasteiger partial charge in [0.25, 0.3) is 0 Å². The van der Waals surface area contributed by atoms with E-state index < -0.39 is 0 Å². The number of anilines is 1. The summed E-state index contributed by atoms with van der Waals surface area (Å²) in [6.07, 6.45) is 1.01. The molecule has 3 heteroatoms. The maximum Gasteiger partial charge on any atom is 0.148 e. The van der Waals surface area contributed by atoms with Gasteiger partial charge in [-0.3, -0.25) is 5.10 Å². The van der Waals surface area contributed by atoms with E-state index in [0.717, 1.165) is 12.0 Å². The van der Waals surface area contributed by atoms with Crippen molar-refractivity contribution in [1.29, 1.82) is 0 Å². The molecule has 0 saturated carbocycles. The van der Waals surface area contributed by atoms with Crippen molar-refractivity contribution in [2.45, 2.75) is 41.0 Å². The van der Waals surface area contributed by atoms with Crippen LogP contribution in [-0.2, 0) is 6.42 Å². The molecule has 0 aliphatic carbocycles. The number of aromatic amines is 1. The normalized spacial score (nSPS) is 14.4. The van der Waals surface area contributed by atoms with Crippen LogP contribution in [0.15, 0.2) is 0 Å². The van der Waals surface area contributed by atoms with Gasteiger partial charge in [0.2, 0.25) is 0 Å². The van der Waals surface area contributed by atoms with Crippen LogP contribution in [0.1, 0.15) is 39.0 Å². The molecule has 0 saturated heterocycles. The van der Waals surface area contributed by atoms with E-state index in [2.05, 4.69) is 37.9 Å². The summed E-state index contributed by atoms with van der Waals surface area (Å²) in [4.78, 5) is 0. The molecule has 1 aromatic rings. The summed E-state index contributed by atoms with van der Waals surface area (Å²) < 4.78 is 0. The monoisotopic (exact) mass is 195 g/mol. The van der Waals surface area contributed by atoms with Crippen LogP contribution in [0, 0.1) is 18.3 Å². The van der Waals surface area contributed by atoms with Crippen molar-refractivity contribution in [3.8, 4) is 0 Å². The Balaban J connectivity index is 2.75. The fraction of sp³-hybridized carbons (Fsp3) is 0.727. The van der Waals surface area contributed by atoms with E-state index in [4.69, 9.17) is 5.73 Å². The molecule has 0 aromatic carbocycles. The van der Waals surface area contributed by atoms with E-state index in [1.54, 1.807) is 0 Å². The molecule has 3 nitrogen and oxygen atoms in total. The van der Waals surface area contributed by atoms with Gasteiger partial charge in [0.1, 0.15) is 5.82 Å². The fourth-order valence-electron chi connectivity index (χ4n) is 1.26. The van der Waals surface area contributed by atoms with Gasteiger partial charge in [0.05, 0.1) is 0 Å². The largest absolute Gasteiger partial charge is 0.382 e. The first kappa shape index (κ1) is 11.1. The maximum atomic E-state index is 5.68. The zero-order valence-electron chi connectivity index (χ0n) is 9.81. The van der Waals surface area contributed by atoms with Gasteiger partial charge in [-0.05, 0) is 24.7 Å². The SMILES string of the molecule is Cc1c(N)n[nH]c1CC(C)C(C)(C)C. The second-order valence-corrected chi connectivity index (χ2v) is 5.18. The number of H-pyrrole nitrogens is 1. The van der Waals surface area contributed by atoms with Gasteiger partial charge in [-0.15, -0.1) is 0 Å². The van der Waals surface area contributed by atoms with E-state index in [1.807, 2.05) is 6.92 Å². The van der Waals surface area contributed by atoms with Crippen molar-refractivity contribution >= 4 is 5.82 Å². The average Bonchev–Trinajstić information content (AvgIpc) is 2.34. The van der Waals surface area contributed by atoms with E-state index in [0.29, 0.717) is 17.2 Å². The smallest absolute Gasteiger partial charge is 0.148 e. The number of nitrogens with two attached hydrogens (primary N) is 1. The molecular weight excluding hydrogens is 174 g/mol. The van der Waals surface area contributed by atoms with Crippen LogP contribution in [0.2, 0.25) is 0 Å². The van der Waals surface area contributed by atoms with Crippen molar-refractivity contribution in [3.05, 3.63) is 11.3 Å². The van der Waals surface area contributed by atoms with Crippen LogP contribution in [0.25, 0.3) is 0 Å². The van der Waals surface area contributed by atoms with E-state index in [-0.39, 0.29) is 0 Å². The third-order valence-electron chi connectivity index (χ3n) is 3.14. The second-order valence-electron chi connectivity index (χ2n) is 5.18. The molecule has 0 amide bonds. The summed E-state index contributed by atoms with van der Waals surface area (Å²) in [5.74, 6) is 1.24. The summed E-state index contributed by atoms with van der Waals surface area (Å²) in [6, 6.07) is 0. The summed E-state index contributed by atoms with van der Waals surface area (Å²) in [5, 5.41) is 7.01. The van der Waals surface area contributed by atoms with E-state index in [9.17, 15) is 0 Å². The van der Waals surface area contributed by atoms with E-state index >= 15 is 0 Å². The Kier molecular flexibility index (Phi) is 2.88. The number of aromatic nitrogens is 2. The van der Waals surface area contributed by atoms with Crippen molar-refractivity contribution in [2.24, 2.45) is 11.3 Å². The Labute approximate surface area is 86.1 Å². The molecule has 0 aliphatic heterocycles. The molecule has 3 N–H and O–H groups in total. The Bertz CT molecular complexity index is 307. The van der Waals surface area contributed by atoms with Gasteiger partial charge in [-0.2, -0.15) is 5.10 Å². The molecule has 1 rings (SSSR count). The van der Waals surface area contributed by atoms with Crippen molar-refractivity contribution in [1.82, 2.24) is 10.2 Å². The molecule has 1 aromatic heterocycles. The second kappa shape index (κ2) is 3.64. The first-order valence-corrected chi connectivity index (χ1v) is 5.11. The molecule has 0 fully saturated rings. The first-order valence-electron chi connectivity index (χ1n) is 5.11. The highest BCUT2D eigenvalue weighted by Crippen LogP contribution is 2.29. The third kappa shape index (κ3) is 2.28. The van der Waals surface area contributed by atoms with Crippen molar-refractivity contribution in [3.63, 3.8) is 0 Å². The summed E-state index contributed by atoms with van der Waals surface area (Å²) >= 11 is 0. The molecule has 1 unspecified atom stereocenters. The highest BCUT2D eigenvalue weighted by Gasteiger charge is 2.21. The van der Waals surface area contributed by atoms with Gasteiger partial charge >= 0.3 is 0 Å². The van der Waals surface area contributed by atoms with E-state index in [1.165, 1.54) is 5.69 Å². The minimum Gasteiger partial charge on any atom is -0.382 e. The van der Waals surface area contributed by atoms with Crippen LogP contribution in [0.4, 0.5) is 5.82 Å². The zero-order valence-corrected chi connectivity index (χ0v) is 9.81. The van der Waals surface area contributed by atoms with Crippen LogP contribution >= 0.6 is 0 Å². The number of rotatable bonds is 2. The predicted molar refractivity (Wildman–Crippen MR) is 60.1 cm³/mol. The quantitative estimate of drug-likeness (QED) is 0.762. The molecule has 0 radical (unpaired) electrons. The molecule has 1 heterocycles. The van der Waals surface area contributed by atoms with Gasteiger partial charge < -0.3 is 5.73 Å². The molecule has 14 heavy (non-hydrogen) atoms. The number of nitrogens with zero attached hydrogens (tertiary/aromatic N) is 1. The summed E-state index contributed by atoms with van der Waals surface area (Å²) in [6.45, 7) is 11.0. The van der Waals surface area contributed by atoms with Gasteiger partial charge in [-0.25, -0.2) is 0 Å². The molecule has 80 valence electrons. The Morgan fingerprint density at radius 3 is 2.36 bits per heavy atom. The highest BCUT2D eigenvalue weighted by atomic mass is 15.2. The zero-order chi connectivity index (χ0) is 10.9. The molecule has 0 bridgehead atoms. The number of nitrogens with one attached hydrogen (secondary N) is 1. The molecule has 1 atom stereocenters. The summed E-state index contributed by atoms with van der Waals surface area (Å²) in [7, 11) is 0. The molecule has 0 aliphatic rings. The van der Waals surface area contributed by atoms with Crippen LogP contribution in [0.5, 0.6) is 0 Å². The Morgan fingerprint density at radius 1 is 1.43 bits per heavy atom. The van der Waals surface area contributed by atoms with Crippen molar-refractivity contribution < 1.29 is 0 Å². The van der Waals surface area contributed by atoms with Gasteiger partial charge in [-0.1, -0.05) is 27.7 Å². The lowest BCUT2D eigenvalue weighted by molar-refractivity contribution is 0.258. The fourth-order valence-corrected chi connectivity index (χ4v) is 1.26. The van der Waals surface area contributed by atoms with Gasteiger partial charge in [0.15, 0.2) is 0 Å². The maximum absolute atomic E-state index is 5.68. The number of hydrogen-bond donors (Lipinski definition) is 2. The highest BCUT2D eigenvalue weighted by molar-refractivity contribution is 5.40. The van der Waals surface area contributed by atoms with Crippen molar-refractivity contribution in [2.75, 3.05) is 5.73 Å². The molecule has 0 spiro atoms. The predicted octanol–water partition coefficient (Wildman–Crippen LogP) is 2.53. The van der Waals surface area contributed by atoms with Crippen LogP contribution < -0.4 is 5.73 Å². The lowest BCUT2D eigenvalue weighted by Crippen LogP contribution is -2.19. The Morgan fingerprint density at radius 2 is 2.00 bits per heavy atom.